The van der Waals surface area contributed by atoms with E-state index in [4.69, 9.17) is 9.47 Å². The van der Waals surface area contributed by atoms with E-state index in [1.165, 1.54) is 19.3 Å². The maximum atomic E-state index is 12.7. The molecule has 164 valence electrons. The Labute approximate surface area is 179 Å². The monoisotopic (exact) mass is 414 g/mol. The van der Waals surface area contributed by atoms with Crippen molar-refractivity contribution in [2.75, 3.05) is 46.0 Å². The topological polar surface area (TPSA) is 59.1 Å². The van der Waals surface area contributed by atoms with Gasteiger partial charge in [0.05, 0.1) is 19.8 Å². The molecule has 0 unspecified atom stereocenters. The van der Waals surface area contributed by atoms with Gasteiger partial charge in [0.2, 0.25) is 5.91 Å². The molecule has 3 fully saturated rings. The number of hydrogen-bond donors (Lipinski definition) is 0. The Hall–Kier alpha value is -2.08. The fourth-order valence-corrected chi connectivity index (χ4v) is 4.78. The second-order valence-corrected chi connectivity index (χ2v) is 8.84. The van der Waals surface area contributed by atoms with Crippen LogP contribution < -0.4 is 4.74 Å². The van der Waals surface area contributed by atoms with Crippen molar-refractivity contribution in [2.24, 2.45) is 11.8 Å². The molecule has 3 aliphatic rings. The van der Waals surface area contributed by atoms with Crippen LogP contribution in [0.25, 0.3) is 0 Å². The van der Waals surface area contributed by atoms with Crippen molar-refractivity contribution in [2.45, 2.75) is 44.9 Å². The lowest BCUT2D eigenvalue weighted by atomic mass is 9.87. The van der Waals surface area contributed by atoms with Crippen LogP contribution in [0.4, 0.5) is 0 Å². The minimum absolute atomic E-state index is 0.0554. The van der Waals surface area contributed by atoms with Gasteiger partial charge in [-0.05, 0) is 55.9 Å². The van der Waals surface area contributed by atoms with Crippen LogP contribution in [0.3, 0.4) is 0 Å². The molecule has 1 saturated carbocycles. The fraction of sp³-hybridized carbons (Fsp3) is 0.667. The predicted octanol–water partition coefficient (Wildman–Crippen LogP) is 3.36. The van der Waals surface area contributed by atoms with Crippen LogP contribution in [0.5, 0.6) is 5.75 Å². The van der Waals surface area contributed by atoms with E-state index in [-0.39, 0.29) is 11.8 Å². The summed E-state index contributed by atoms with van der Waals surface area (Å²) < 4.78 is 11.3. The van der Waals surface area contributed by atoms with E-state index in [1.807, 2.05) is 29.2 Å². The van der Waals surface area contributed by atoms with Gasteiger partial charge in [-0.25, -0.2) is 0 Å². The van der Waals surface area contributed by atoms with Gasteiger partial charge in [-0.2, -0.15) is 0 Å². The van der Waals surface area contributed by atoms with Crippen molar-refractivity contribution in [3.05, 3.63) is 29.8 Å². The molecule has 0 atom stereocenters. The van der Waals surface area contributed by atoms with Crippen LogP contribution in [-0.4, -0.2) is 67.6 Å². The average molecular weight is 415 g/mol. The number of ether oxygens (including phenoxy) is 2. The minimum atomic E-state index is 0.0554. The number of nitrogens with zero attached hydrogens (tertiary/aromatic N) is 2. The number of piperidine rings is 1. The summed E-state index contributed by atoms with van der Waals surface area (Å²) in [5.41, 5.74) is 0.693. The van der Waals surface area contributed by atoms with Crippen LogP contribution in [0.2, 0.25) is 0 Å². The minimum Gasteiger partial charge on any atom is -0.493 e. The smallest absolute Gasteiger partial charge is 0.254 e. The number of rotatable bonds is 5. The van der Waals surface area contributed by atoms with E-state index >= 15 is 0 Å². The fourth-order valence-electron chi connectivity index (χ4n) is 4.78. The first-order valence-corrected chi connectivity index (χ1v) is 11.6. The molecule has 0 spiro atoms. The molecule has 2 amide bonds. The van der Waals surface area contributed by atoms with E-state index in [2.05, 4.69) is 4.90 Å². The SMILES string of the molecule is O=C(c1ccc(OCC2CCN(C(=O)C3CCCCC3)CC2)cc1)N1CCOCC1. The highest BCUT2D eigenvalue weighted by atomic mass is 16.5. The summed E-state index contributed by atoms with van der Waals surface area (Å²) in [5, 5.41) is 0. The number of likely N-dealkylation sites (tertiary alicyclic amines) is 1. The lowest BCUT2D eigenvalue weighted by Crippen LogP contribution is -2.43. The Kier molecular flexibility index (Phi) is 7.26. The first kappa shape index (κ1) is 21.2. The van der Waals surface area contributed by atoms with Gasteiger partial charge in [0.15, 0.2) is 0 Å². The molecule has 2 saturated heterocycles. The zero-order chi connectivity index (χ0) is 20.8. The van der Waals surface area contributed by atoms with Crippen LogP contribution in [0.1, 0.15) is 55.3 Å². The maximum Gasteiger partial charge on any atom is 0.254 e. The molecule has 0 aromatic heterocycles. The summed E-state index contributed by atoms with van der Waals surface area (Å²) in [6, 6.07) is 7.46. The van der Waals surface area contributed by atoms with Crippen LogP contribution in [0.15, 0.2) is 24.3 Å². The average Bonchev–Trinajstić information content (AvgIpc) is 2.83. The number of amides is 2. The highest BCUT2D eigenvalue weighted by Gasteiger charge is 2.29. The third-order valence-electron chi connectivity index (χ3n) is 6.77. The van der Waals surface area contributed by atoms with Crippen LogP contribution >= 0.6 is 0 Å². The standard InChI is InChI=1S/C24H34N2O4/c27-23(20-4-2-1-3-5-20)25-12-10-19(11-13-25)18-30-22-8-6-21(7-9-22)24(28)26-14-16-29-17-15-26/h6-9,19-20H,1-5,10-18H2. The number of carbonyl (C=O) groups is 2. The Bertz CT molecular complexity index is 700. The van der Waals surface area contributed by atoms with E-state index in [1.54, 1.807) is 0 Å². The molecular formula is C24H34N2O4. The predicted molar refractivity (Wildman–Crippen MR) is 115 cm³/mol. The maximum absolute atomic E-state index is 12.7. The van der Waals surface area contributed by atoms with Gasteiger partial charge in [0, 0.05) is 37.7 Å². The molecule has 6 heteroatoms. The summed E-state index contributed by atoms with van der Waals surface area (Å²) >= 11 is 0. The third kappa shape index (κ3) is 5.34. The Morgan fingerprint density at radius 2 is 1.53 bits per heavy atom. The second kappa shape index (κ2) is 10.3. The Morgan fingerprint density at radius 3 is 2.20 bits per heavy atom. The Balaban J connectivity index is 1.20. The number of hydrogen-bond acceptors (Lipinski definition) is 4. The molecule has 1 aromatic carbocycles. The summed E-state index contributed by atoms with van der Waals surface area (Å²) in [5.74, 6) is 1.99. The second-order valence-electron chi connectivity index (χ2n) is 8.84. The molecule has 0 N–H and O–H groups in total. The summed E-state index contributed by atoms with van der Waals surface area (Å²) in [6.45, 7) is 4.91. The molecule has 1 aromatic rings. The molecule has 0 bridgehead atoms. The largest absolute Gasteiger partial charge is 0.493 e. The van der Waals surface area contributed by atoms with E-state index in [9.17, 15) is 9.59 Å². The lowest BCUT2D eigenvalue weighted by molar-refractivity contribution is -0.138. The van der Waals surface area contributed by atoms with Gasteiger partial charge in [-0.15, -0.1) is 0 Å². The van der Waals surface area contributed by atoms with Crippen LogP contribution in [0, 0.1) is 11.8 Å². The highest BCUT2D eigenvalue weighted by Crippen LogP contribution is 2.28. The first-order valence-electron chi connectivity index (χ1n) is 11.6. The molecular weight excluding hydrogens is 380 g/mol. The van der Waals surface area contributed by atoms with Crippen LogP contribution in [-0.2, 0) is 9.53 Å². The molecule has 0 radical (unpaired) electrons. The first-order chi connectivity index (χ1) is 14.7. The number of morpholine rings is 1. The quantitative estimate of drug-likeness (QED) is 0.741. The lowest BCUT2D eigenvalue weighted by Gasteiger charge is -2.35. The van der Waals surface area contributed by atoms with E-state index in [0.717, 1.165) is 44.5 Å². The molecule has 30 heavy (non-hydrogen) atoms. The summed E-state index contributed by atoms with van der Waals surface area (Å²) in [7, 11) is 0. The molecule has 4 rings (SSSR count). The van der Waals surface area contributed by atoms with Gasteiger partial charge in [-0.1, -0.05) is 19.3 Å². The summed E-state index contributed by atoms with van der Waals surface area (Å²) in [4.78, 5) is 29.1. The van der Waals surface area contributed by atoms with Crippen molar-refractivity contribution in [3.63, 3.8) is 0 Å². The van der Waals surface area contributed by atoms with Gasteiger partial charge in [0.1, 0.15) is 5.75 Å². The molecule has 2 heterocycles. The van der Waals surface area contributed by atoms with E-state index in [0.29, 0.717) is 50.3 Å². The normalized spacial score (nSPS) is 21.5. The molecule has 2 aliphatic heterocycles. The van der Waals surface area contributed by atoms with Crippen molar-refractivity contribution in [3.8, 4) is 5.75 Å². The van der Waals surface area contributed by atoms with Crippen molar-refractivity contribution >= 4 is 11.8 Å². The zero-order valence-electron chi connectivity index (χ0n) is 17.9. The third-order valence-corrected chi connectivity index (χ3v) is 6.77. The van der Waals surface area contributed by atoms with Crippen molar-refractivity contribution in [1.29, 1.82) is 0 Å². The van der Waals surface area contributed by atoms with Crippen molar-refractivity contribution < 1.29 is 19.1 Å². The van der Waals surface area contributed by atoms with Crippen molar-refractivity contribution in [1.82, 2.24) is 9.80 Å². The van der Waals surface area contributed by atoms with Gasteiger partial charge >= 0.3 is 0 Å². The van der Waals surface area contributed by atoms with Gasteiger partial charge in [-0.3, -0.25) is 9.59 Å². The number of benzene rings is 1. The number of carbonyl (C=O) groups excluding carboxylic acids is 2. The zero-order valence-corrected chi connectivity index (χ0v) is 17.9. The highest BCUT2D eigenvalue weighted by molar-refractivity contribution is 5.94. The van der Waals surface area contributed by atoms with Gasteiger partial charge < -0.3 is 19.3 Å². The van der Waals surface area contributed by atoms with E-state index < -0.39 is 0 Å². The van der Waals surface area contributed by atoms with Gasteiger partial charge in [0.25, 0.3) is 5.91 Å². The Morgan fingerprint density at radius 1 is 0.867 bits per heavy atom. The summed E-state index contributed by atoms with van der Waals surface area (Å²) in [6.07, 6.45) is 7.86. The molecule has 6 nitrogen and oxygen atoms in total. The molecule has 1 aliphatic carbocycles.